The molecule has 0 aliphatic heterocycles. The molecule has 1 atom stereocenters. The first kappa shape index (κ1) is 28.1. The van der Waals surface area contributed by atoms with Gasteiger partial charge in [-0.2, -0.15) is 5.10 Å². The second-order valence-electron chi connectivity index (χ2n) is 9.81. The van der Waals surface area contributed by atoms with Gasteiger partial charge < -0.3 is 14.2 Å². The van der Waals surface area contributed by atoms with Crippen LogP contribution in [0, 0.1) is 19.8 Å². The first-order valence-electron chi connectivity index (χ1n) is 12.3. The molecule has 7 heteroatoms. The number of aryl methyl sites for hydroxylation is 2. The highest BCUT2D eigenvalue weighted by Gasteiger charge is 2.22. The van der Waals surface area contributed by atoms with Crippen molar-refractivity contribution in [3.8, 4) is 0 Å². The minimum Gasteiger partial charge on any atom is -0.454 e. The molecule has 0 amide bonds. The summed E-state index contributed by atoms with van der Waals surface area (Å²) in [6.45, 7) is 17.3. The molecule has 0 saturated carbocycles. The minimum absolute atomic E-state index is 0.0403. The normalized spacial score (nSPS) is 13.5. The van der Waals surface area contributed by atoms with Crippen LogP contribution in [-0.2, 0) is 26.2 Å². The first-order valence-corrected chi connectivity index (χ1v) is 12.3. The molecule has 0 bridgehead atoms. The van der Waals surface area contributed by atoms with E-state index in [1.165, 1.54) is 5.56 Å². The van der Waals surface area contributed by atoms with Crippen LogP contribution in [0.3, 0.4) is 0 Å². The van der Waals surface area contributed by atoms with E-state index in [1.807, 2.05) is 39.3 Å². The molecule has 1 unspecified atom stereocenters. The Hall–Kier alpha value is -3.09. The molecule has 1 heterocycles. The fourth-order valence-electron chi connectivity index (χ4n) is 3.51. The third kappa shape index (κ3) is 7.44. The van der Waals surface area contributed by atoms with Crippen LogP contribution in [0.25, 0.3) is 11.3 Å². The lowest BCUT2D eigenvalue weighted by atomic mass is 9.86. The van der Waals surface area contributed by atoms with Crippen LogP contribution in [0.5, 0.6) is 0 Å². The smallest absolute Gasteiger partial charge is 0.454 e. The van der Waals surface area contributed by atoms with E-state index in [9.17, 15) is 4.79 Å². The fraction of sp³-hybridized carbons (Fsp3) is 0.536. The summed E-state index contributed by atoms with van der Waals surface area (Å²) in [7, 11) is 1.72. The Morgan fingerprint density at radius 2 is 1.77 bits per heavy atom. The molecule has 2 aromatic rings. The maximum absolute atomic E-state index is 12.1. The number of benzene rings is 1. The maximum Gasteiger partial charge on any atom is 0.511 e. The zero-order valence-corrected chi connectivity index (χ0v) is 22.8. The minimum atomic E-state index is -0.748. The summed E-state index contributed by atoms with van der Waals surface area (Å²) >= 11 is 0. The second-order valence-corrected chi connectivity index (χ2v) is 9.81. The van der Waals surface area contributed by atoms with Crippen LogP contribution in [0.4, 0.5) is 4.79 Å². The Kier molecular flexibility index (Phi) is 10.1. The Morgan fingerprint density at radius 3 is 2.31 bits per heavy atom. The lowest BCUT2D eigenvalue weighted by Crippen LogP contribution is -2.15. The highest BCUT2D eigenvalue weighted by atomic mass is 16.8. The highest BCUT2D eigenvalue weighted by Crippen LogP contribution is 2.31. The summed E-state index contributed by atoms with van der Waals surface area (Å²) in [4.78, 5) is 16.4. The largest absolute Gasteiger partial charge is 0.511 e. The van der Waals surface area contributed by atoms with Gasteiger partial charge in [-0.3, -0.25) is 9.67 Å². The number of allylic oxidation sites excluding steroid dienone is 1. The number of rotatable bonds is 10. The SMILES string of the molecule is CCC(C)COC(=O)OCO/C(=C(/C=N\C)c1ccc(C(C)(C)C)cc1)c1c(C)c(C)nn1CC. The van der Waals surface area contributed by atoms with Crippen molar-refractivity contribution < 1.29 is 19.0 Å². The van der Waals surface area contributed by atoms with Crippen LogP contribution in [0.2, 0.25) is 0 Å². The van der Waals surface area contributed by atoms with Gasteiger partial charge in [-0.25, -0.2) is 4.79 Å². The van der Waals surface area contributed by atoms with Crippen molar-refractivity contribution in [1.82, 2.24) is 9.78 Å². The first-order chi connectivity index (χ1) is 16.5. The number of aromatic nitrogens is 2. The molecule has 2 rings (SSSR count). The Bertz CT molecular complexity index is 1040. The number of nitrogens with zero attached hydrogens (tertiary/aromatic N) is 3. The van der Waals surface area contributed by atoms with E-state index < -0.39 is 6.16 Å². The molecule has 192 valence electrons. The summed E-state index contributed by atoms with van der Waals surface area (Å²) in [6, 6.07) is 8.37. The van der Waals surface area contributed by atoms with Gasteiger partial charge in [0.1, 0.15) is 5.69 Å². The van der Waals surface area contributed by atoms with Crippen LogP contribution < -0.4 is 0 Å². The second kappa shape index (κ2) is 12.6. The van der Waals surface area contributed by atoms with Crippen molar-refractivity contribution in [1.29, 1.82) is 0 Å². The lowest BCUT2D eigenvalue weighted by molar-refractivity contribution is -0.0104. The Morgan fingerprint density at radius 1 is 1.11 bits per heavy atom. The molecule has 1 aromatic heterocycles. The summed E-state index contributed by atoms with van der Waals surface area (Å²) in [5, 5.41) is 4.66. The van der Waals surface area contributed by atoms with Crippen molar-refractivity contribution in [2.45, 2.75) is 73.8 Å². The number of hydrogen-bond donors (Lipinski definition) is 0. The van der Waals surface area contributed by atoms with E-state index in [1.54, 1.807) is 13.3 Å². The number of ether oxygens (including phenoxy) is 3. The standard InChI is InChI=1S/C28H41N3O4/c1-10-19(3)17-33-27(32)35-18-34-26(25-20(4)21(5)30-31(25)11-2)24(16-29-9)22-12-14-23(15-13-22)28(6,7)8/h12-16,19H,10-11,17-18H2,1-9H3/b26-24-,29-16-. The zero-order valence-electron chi connectivity index (χ0n) is 22.8. The number of carbonyl (C=O) groups excluding carboxylic acids is 1. The maximum atomic E-state index is 12.1. The molecule has 0 radical (unpaired) electrons. The molecule has 0 spiro atoms. The van der Waals surface area contributed by atoms with Crippen LogP contribution in [0.15, 0.2) is 29.3 Å². The van der Waals surface area contributed by atoms with Gasteiger partial charge in [0.2, 0.25) is 6.79 Å². The van der Waals surface area contributed by atoms with E-state index in [0.29, 0.717) is 18.9 Å². The van der Waals surface area contributed by atoms with Gasteiger partial charge in [0.25, 0.3) is 0 Å². The van der Waals surface area contributed by atoms with Crippen molar-refractivity contribution in [2.75, 3.05) is 20.4 Å². The zero-order chi connectivity index (χ0) is 26.2. The van der Waals surface area contributed by atoms with E-state index in [0.717, 1.165) is 34.5 Å². The van der Waals surface area contributed by atoms with E-state index in [-0.39, 0.29) is 18.1 Å². The number of hydrogen-bond acceptors (Lipinski definition) is 6. The summed E-state index contributed by atoms with van der Waals surface area (Å²) in [5.41, 5.74) is 5.73. The van der Waals surface area contributed by atoms with Gasteiger partial charge in [-0.05, 0) is 43.2 Å². The molecule has 0 fully saturated rings. The molecular formula is C28H41N3O4. The van der Waals surface area contributed by atoms with Crippen molar-refractivity contribution in [2.24, 2.45) is 10.9 Å². The predicted molar refractivity (Wildman–Crippen MR) is 142 cm³/mol. The van der Waals surface area contributed by atoms with Gasteiger partial charge >= 0.3 is 6.16 Å². The predicted octanol–water partition coefficient (Wildman–Crippen LogP) is 6.56. The van der Waals surface area contributed by atoms with E-state index >= 15 is 0 Å². The number of aliphatic imine (C=N–C) groups is 1. The average Bonchev–Trinajstić information content (AvgIpc) is 3.11. The molecule has 0 aliphatic carbocycles. The Labute approximate surface area is 210 Å². The Balaban J connectivity index is 2.49. The monoisotopic (exact) mass is 483 g/mol. The average molecular weight is 484 g/mol. The molecule has 0 aliphatic rings. The summed E-state index contributed by atoms with van der Waals surface area (Å²) < 4.78 is 18.5. The van der Waals surface area contributed by atoms with Gasteiger partial charge in [-0.1, -0.05) is 65.3 Å². The fourth-order valence-corrected chi connectivity index (χ4v) is 3.51. The van der Waals surface area contributed by atoms with Gasteiger partial charge in [0.15, 0.2) is 5.76 Å². The van der Waals surface area contributed by atoms with Gasteiger partial charge in [0, 0.05) is 30.9 Å². The van der Waals surface area contributed by atoms with Crippen LogP contribution in [0.1, 0.15) is 76.0 Å². The quantitative estimate of drug-likeness (QED) is 0.166. The molecular weight excluding hydrogens is 442 g/mol. The van der Waals surface area contributed by atoms with Gasteiger partial charge in [-0.15, -0.1) is 0 Å². The third-order valence-corrected chi connectivity index (χ3v) is 6.07. The van der Waals surface area contributed by atoms with Crippen LogP contribution in [-0.4, -0.2) is 42.6 Å². The van der Waals surface area contributed by atoms with Crippen LogP contribution >= 0.6 is 0 Å². The highest BCUT2D eigenvalue weighted by molar-refractivity contribution is 6.18. The molecule has 35 heavy (non-hydrogen) atoms. The molecule has 7 nitrogen and oxygen atoms in total. The third-order valence-electron chi connectivity index (χ3n) is 6.07. The molecule has 1 aromatic carbocycles. The topological polar surface area (TPSA) is 74.9 Å². The van der Waals surface area contributed by atoms with E-state index in [4.69, 9.17) is 14.2 Å². The van der Waals surface area contributed by atoms with Crippen molar-refractivity contribution in [3.05, 3.63) is 52.3 Å². The molecule has 0 saturated heterocycles. The molecule has 0 N–H and O–H groups in total. The lowest BCUT2D eigenvalue weighted by Gasteiger charge is -2.20. The summed E-state index contributed by atoms with van der Waals surface area (Å²) in [6.07, 6.45) is 1.94. The van der Waals surface area contributed by atoms with Gasteiger partial charge in [0.05, 0.1) is 12.3 Å². The van der Waals surface area contributed by atoms with Crippen molar-refractivity contribution >= 4 is 23.7 Å². The van der Waals surface area contributed by atoms with E-state index in [2.05, 4.69) is 55.1 Å². The summed E-state index contributed by atoms with van der Waals surface area (Å²) in [5.74, 6) is 0.820. The van der Waals surface area contributed by atoms with Crippen molar-refractivity contribution in [3.63, 3.8) is 0 Å². The number of carbonyl (C=O) groups is 1.